The van der Waals surface area contributed by atoms with Crippen molar-refractivity contribution < 1.29 is 14.7 Å². The Balaban J connectivity index is 2.89. The van der Waals surface area contributed by atoms with Gasteiger partial charge in [0.05, 0.1) is 12.2 Å². The summed E-state index contributed by atoms with van der Waals surface area (Å²) in [5.74, 6) is 0.622. The molecule has 20 heavy (non-hydrogen) atoms. The normalized spacial score (nSPS) is 10.5. The zero-order valence-corrected chi connectivity index (χ0v) is 11.9. The Bertz CT molecular complexity index is 599. The summed E-state index contributed by atoms with van der Waals surface area (Å²) >= 11 is 6.02. The molecule has 106 valence electrons. The Labute approximate surface area is 121 Å². The molecule has 1 heterocycles. The van der Waals surface area contributed by atoms with E-state index in [2.05, 4.69) is 11.0 Å². The molecule has 0 aromatic carbocycles. The summed E-state index contributed by atoms with van der Waals surface area (Å²) in [5.41, 5.74) is 1.28. The molecule has 0 atom stereocenters. The number of hydrogen-bond acceptors (Lipinski definition) is 3. The van der Waals surface area contributed by atoms with Crippen molar-refractivity contribution in [3.05, 3.63) is 22.5 Å². The number of aromatic nitrogens is 2. The lowest BCUT2D eigenvalue weighted by atomic mass is 10.2. The number of halogens is 1. The number of carbonyl (C=O) groups is 2. The molecule has 0 bridgehead atoms. The SMILES string of the molecule is C#CCN(CC(=O)O)C(=O)C=Cc1c(C)nn(C)c1Cl. The van der Waals surface area contributed by atoms with Gasteiger partial charge in [-0.25, -0.2) is 0 Å². The van der Waals surface area contributed by atoms with Gasteiger partial charge in [0.1, 0.15) is 11.7 Å². The van der Waals surface area contributed by atoms with Crippen LogP contribution in [0, 0.1) is 19.3 Å². The average Bonchev–Trinajstić information content (AvgIpc) is 2.60. The molecule has 0 aliphatic heterocycles. The Morgan fingerprint density at radius 2 is 2.25 bits per heavy atom. The van der Waals surface area contributed by atoms with Crippen molar-refractivity contribution in [3.63, 3.8) is 0 Å². The van der Waals surface area contributed by atoms with E-state index < -0.39 is 18.4 Å². The largest absolute Gasteiger partial charge is 0.480 e. The summed E-state index contributed by atoms with van der Waals surface area (Å²) in [6.07, 6.45) is 7.84. The molecule has 1 rings (SSSR count). The molecule has 1 amide bonds. The van der Waals surface area contributed by atoms with Gasteiger partial charge in [-0.1, -0.05) is 17.5 Å². The van der Waals surface area contributed by atoms with Crippen LogP contribution in [0.15, 0.2) is 6.08 Å². The van der Waals surface area contributed by atoms with Crippen molar-refractivity contribution in [1.82, 2.24) is 14.7 Å². The highest BCUT2D eigenvalue weighted by molar-refractivity contribution is 6.31. The van der Waals surface area contributed by atoms with Crippen LogP contribution in [-0.2, 0) is 16.6 Å². The van der Waals surface area contributed by atoms with Crippen LogP contribution in [0.5, 0.6) is 0 Å². The maximum Gasteiger partial charge on any atom is 0.323 e. The van der Waals surface area contributed by atoms with Crippen LogP contribution in [0.25, 0.3) is 6.08 Å². The number of nitrogens with zero attached hydrogens (tertiary/aromatic N) is 3. The maximum absolute atomic E-state index is 11.9. The van der Waals surface area contributed by atoms with Crippen LogP contribution in [0.3, 0.4) is 0 Å². The van der Waals surface area contributed by atoms with Crippen molar-refractivity contribution in [3.8, 4) is 12.3 Å². The van der Waals surface area contributed by atoms with Gasteiger partial charge in [0.2, 0.25) is 5.91 Å². The zero-order valence-electron chi connectivity index (χ0n) is 11.1. The molecule has 0 unspecified atom stereocenters. The molecule has 0 radical (unpaired) electrons. The van der Waals surface area contributed by atoms with E-state index in [-0.39, 0.29) is 6.54 Å². The van der Waals surface area contributed by atoms with Gasteiger partial charge in [0.25, 0.3) is 0 Å². The van der Waals surface area contributed by atoms with Gasteiger partial charge >= 0.3 is 5.97 Å². The van der Waals surface area contributed by atoms with E-state index in [0.29, 0.717) is 16.4 Å². The Hall–Kier alpha value is -2.26. The van der Waals surface area contributed by atoms with E-state index in [1.165, 1.54) is 16.8 Å². The van der Waals surface area contributed by atoms with Crippen LogP contribution < -0.4 is 0 Å². The van der Waals surface area contributed by atoms with Gasteiger partial charge in [-0.05, 0) is 13.0 Å². The van der Waals surface area contributed by atoms with E-state index in [1.54, 1.807) is 14.0 Å². The third kappa shape index (κ3) is 3.87. The molecule has 0 saturated heterocycles. The van der Waals surface area contributed by atoms with Gasteiger partial charge in [0.15, 0.2) is 0 Å². The number of carbonyl (C=O) groups excluding carboxylic acids is 1. The van der Waals surface area contributed by atoms with Crippen LogP contribution in [0.1, 0.15) is 11.3 Å². The topological polar surface area (TPSA) is 75.4 Å². The van der Waals surface area contributed by atoms with Crippen LogP contribution in [0.4, 0.5) is 0 Å². The highest BCUT2D eigenvalue weighted by Crippen LogP contribution is 2.20. The fourth-order valence-corrected chi connectivity index (χ4v) is 1.82. The summed E-state index contributed by atoms with van der Waals surface area (Å²) < 4.78 is 1.48. The molecule has 0 aliphatic rings. The highest BCUT2D eigenvalue weighted by Gasteiger charge is 2.14. The molecule has 6 nitrogen and oxygen atoms in total. The monoisotopic (exact) mass is 295 g/mol. The molecule has 0 fully saturated rings. The second kappa shape index (κ2) is 6.78. The van der Waals surface area contributed by atoms with Gasteiger partial charge in [-0.3, -0.25) is 14.3 Å². The van der Waals surface area contributed by atoms with Crippen LogP contribution in [-0.4, -0.2) is 44.8 Å². The summed E-state index contributed by atoms with van der Waals surface area (Å²) in [7, 11) is 1.68. The number of hydrogen-bond donors (Lipinski definition) is 1. The lowest BCUT2D eigenvalue weighted by molar-refractivity contribution is -0.142. The molecular formula is C13H14ClN3O3. The highest BCUT2D eigenvalue weighted by atomic mass is 35.5. The van der Waals surface area contributed by atoms with Crippen molar-refractivity contribution in [2.75, 3.05) is 13.1 Å². The van der Waals surface area contributed by atoms with E-state index in [4.69, 9.17) is 23.1 Å². The number of aliphatic carboxylic acids is 1. The van der Waals surface area contributed by atoms with Gasteiger partial charge in [0, 0.05) is 18.7 Å². The van der Waals surface area contributed by atoms with Gasteiger partial charge in [-0.2, -0.15) is 5.10 Å². The fourth-order valence-electron chi connectivity index (χ4n) is 1.58. The second-order valence-electron chi connectivity index (χ2n) is 4.04. The standard InChI is InChI=1S/C13H14ClN3O3/c1-4-7-17(8-12(19)20)11(18)6-5-10-9(2)15-16(3)13(10)14/h1,5-6H,7-8H2,2-3H3,(H,19,20). The molecule has 1 N–H and O–H groups in total. The van der Waals surface area contributed by atoms with Crippen molar-refractivity contribution >= 4 is 29.6 Å². The van der Waals surface area contributed by atoms with E-state index in [0.717, 1.165) is 4.90 Å². The quantitative estimate of drug-likeness (QED) is 0.648. The van der Waals surface area contributed by atoms with Crippen LogP contribution in [0.2, 0.25) is 5.15 Å². The second-order valence-corrected chi connectivity index (χ2v) is 4.40. The van der Waals surface area contributed by atoms with Crippen LogP contribution >= 0.6 is 11.6 Å². The number of rotatable bonds is 5. The molecule has 7 heteroatoms. The van der Waals surface area contributed by atoms with E-state index >= 15 is 0 Å². The first-order valence-corrected chi connectivity index (χ1v) is 6.06. The summed E-state index contributed by atoms with van der Waals surface area (Å²) in [5, 5.41) is 13.2. The number of terminal acetylenes is 1. The Morgan fingerprint density at radius 1 is 1.60 bits per heavy atom. The minimum atomic E-state index is -1.13. The van der Waals surface area contributed by atoms with Crippen molar-refractivity contribution in [1.29, 1.82) is 0 Å². The van der Waals surface area contributed by atoms with E-state index in [9.17, 15) is 9.59 Å². The van der Waals surface area contributed by atoms with Gasteiger partial charge < -0.3 is 10.0 Å². The number of aryl methyl sites for hydroxylation is 2. The fraction of sp³-hybridized carbons (Fsp3) is 0.308. The Kier molecular flexibility index (Phi) is 5.35. The third-order valence-corrected chi connectivity index (χ3v) is 2.96. The van der Waals surface area contributed by atoms with Gasteiger partial charge in [-0.15, -0.1) is 6.42 Å². The van der Waals surface area contributed by atoms with Crippen molar-refractivity contribution in [2.45, 2.75) is 6.92 Å². The maximum atomic E-state index is 11.9. The van der Waals surface area contributed by atoms with E-state index in [1.807, 2.05) is 0 Å². The number of carboxylic acid groups (broad SMARTS) is 1. The molecule has 1 aromatic heterocycles. The number of amides is 1. The lowest BCUT2D eigenvalue weighted by Crippen LogP contribution is -2.34. The molecule has 0 spiro atoms. The predicted molar refractivity (Wildman–Crippen MR) is 75.0 cm³/mol. The first kappa shape index (κ1) is 15.8. The summed E-state index contributed by atoms with van der Waals surface area (Å²) in [6, 6.07) is 0. The smallest absolute Gasteiger partial charge is 0.323 e. The first-order valence-electron chi connectivity index (χ1n) is 5.68. The minimum Gasteiger partial charge on any atom is -0.480 e. The molecule has 1 aromatic rings. The summed E-state index contributed by atoms with van der Waals surface area (Å²) in [6.45, 7) is 1.23. The Morgan fingerprint density at radius 3 is 2.70 bits per heavy atom. The molecule has 0 saturated carbocycles. The molecular weight excluding hydrogens is 282 g/mol. The third-order valence-electron chi connectivity index (χ3n) is 2.51. The van der Waals surface area contributed by atoms with Crippen molar-refractivity contribution in [2.24, 2.45) is 7.05 Å². The average molecular weight is 296 g/mol. The number of carboxylic acids is 1. The minimum absolute atomic E-state index is 0.0742. The lowest BCUT2D eigenvalue weighted by Gasteiger charge is -2.15. The molecule has 0 aliphatic carbocycles. The zero-order chi connectivity index (χ0) is 15.3. The first-order chi connectivity index (χ1) is 9.36. The summed E-state index contributed by atoms with van der Waals surface area (Å²) in [4.78, 5) is 23.6. The predicted octanol–water partition coefficient (Wildman–Crippen LogP) is 0.942.